The summed E-state index contributed by atoms with van der Waals surface area (Å²) in [7, 11) is 0. The first-order valence-corrected chi connectivity index (χ1v) is 7.12. The number of fused-ring (bicyclic) bond motifs is 2. The predicted molar refractivity (Wildman–Crippen MR) is 65.4 cm³/mol. The fraction of sp³-hybridized carbons (Fsp3) is 1.00. The lowest BCUT2D eigenvalue weighted by atomic mass is 9.92. The van der Waals surface area contributed by atoms with Crippen molar-refractivity contribution >= 4 is 0 Å². The van der Waals surface area contributed by atoms with Gasteiger partial charge in [-0.2, -0.15) is 0 Å². The Kier molecular flexibility index (Phi) is 2.97. The Labute approximate surface area is 99.1 Å². The molecule has 5 unspecified atom stereocenters. The molecular weight excluding hydrogens is 198 g/mol. The van der Waals surface area contributed by atoms with Crippen LogP contribution in [0.3, 0.4) is 0 Å². The molecule has 2 heteroatoms. The topological polar surface area (TPSA) is 21.3 Å². The zero-order valence-electron chi connectivity index (χ0n) is 10.6. The average Bonchev–Trinajstić information content (AvgIpc) is 2.77. The monoisotopic (exact) mass is 223 g/mol. The summed E-state index contributed by atoms with van der Waals surface area (Å²) in [6.45, 7) is 4.43. The quantitative estimate of drug-likeness (QED) is 0.777. The molecule has 5 atom stereocenters. The molecule has 0 aromatic carbocycles. The van der Waals surface area contributed by atoms with E-state index in [0.29, 0.717) is 18.2 Å². The summed E-state index contributed by atoms with van der Waals surface area (Å²) in [5, 5.41) is 3.93. The summed E-state index contributed by atoms with van der Waals surface area (Å²) in [5.74, 6) is 2.05. The predicted octanol–water partition coefficient (Wildman–Crippen LogP) is 2.72. The maximum atomic E-state index is 5.80. The fourth-order valence-electron chi connectivity index (χ4n) is 4.29. The van der Waals surface area contributed by atoms with Crippen LogP contribution in [0.4, 0.5) is 0 Å². The lowest BCUT2D eigenvalue weighted by molar-refractivity contribution is -0.0444. The largest absolute Gasteiger partial charge is 0.375 e. The lowest BCUT2D eigenvalue weighted by Crippen LogP contribution is -2.47. The molecule has 1 aliphatic heterocycles. The van der Waals surface area contributed by atoms with E-state index in [1.165, 1.54) is 38.5 Å². The van der Waals surface area contributed by atoms with Crippen LogP contribution in [-0.4, -0.2) is 24.3 Å². The van der Waals surface area contributed by atoms with Crippen molar-refractivity contribution in [3.63, 3.8) is 0 Å². The Morgan fingerprint density at radius 3 is 2.25 bits per heavy atom. The molecule has 16 heavy (non-hydrogen) atoms. The number of hydrogen-bond acceptors (Lipinski definition) is 2. The number of hydrogen-bond donors (Lipinski definition) is 1. The number of ether oxygens (including phenoxy) is 1. The van der Waals surface area contributed by atoms with Gasteiger partial charge in [0.05, 0.1) is 12.2 Å². The Balaban J connectivity index is 1.54. The van der Waals surface area contributed by atoms with Gasteiger partial charge in [-0.25, -0.2) is 0 Å². The first-order chi connectivity index (χ1) is 7.70. The third kappa shape index (κ3) is 2.14. The van der Waals surface area contributed by atoms with E-state index in [2.05, 4.69) is 19.2 Å². The molecule has 1 heterocycles. The van der Waals surface area contributed by atoms with E-state index in [9.17, 15) is 0 Å². The van der Waals surface area contributed by atoms with Crippen molar-refractivity contribution in [2.75, 3.05) is 0 Å². The van der Waals surface area contributed by atoms with E-state index in [-0.39, 0.29) is 0 Å². The van der Waals surface area contributed by atoms with E-state index < -0.39 is 0 Å². The van der Waals surface area contributed by atoms with Crippen LogP contribution in [0.2, 0.25) is 0 Å². The summed E-state index contributed by atoms with van der Waals surface area (Å²) >= 11 is 0. The van der Waals surface area contributed by atoms with Gasteiger partial charge in [-0.15, -0.1) is 0 Å². The van der Waals surface area contributed by atoms with Crippen LogP contribution in [0.25, 0.3) is 0 Å². The van der Waals surface area contributed by atoms with Gasteiger partial charge in [-0.05, 0) is 57.8 Å². The highest BCUT2D eigenvalue weighted by Gasteiger charge is 2.40. The van der Waals surface area contributed by atoms with Gasteiger partial charge in [0.25, 0.3) is 0 Å². The zero-order chi connectivity index (χ0) is 11.1. The van der Waals surface area contributed by atoms with Gasteiger partial charge in [0.2, 0.25) is 0 Å². The number of rotatable bonds is 2. The lowest BCUT2D eigenvalue weighted by Gasteiger charge is -2.36. The van der Waals surface area contributed by atoms with Crippen molar-refractivity contribution in [1.29, 1.82) is 0 Å². The first-order valence-electron chi connectivity index (χ1n) is 7.12. The molecule has 2 aliphatic carbocycles. The minimum Gasteiger partial charge on any atom is -0.375 e. The van der Waals surface area contributed by atoms with E-state index >= 15 is 0 Å². The van der Waals surface area contributed by atoms with Crippen LogP contribution >= 0.6 is 0 Å². The first kappa shape index (κ1) is 11.0. The summed E-state index contributed by atoms with van der Waals surface area (Å²) < 4.78 is 5.80. The Morgan fingerprint density at radius 2 is 1.69 bits per heavy atom. The van der Waals surface area contributed by atoms with Gasteiger partial charge in [-0.1, -0.05) is 6.42 Å². The SMILES string of the molecule is CC1CC(NC2CC3CCC2C3)CC(C)O1. The van der Waals surface area contributed by atoms with Gasteiger partial charge in [0.1, 0.15) is 0 Å². The molecule has 3 rings (SSSR count). The standard InChI is InChI=1S/C14H25NO/c1-9-5-13(6-10(2)16-9)15-14-8-11-3-4-12(14)7-11/h9-15H,3-8H2,1-2H3. The van der Waals surface area contributed by atoms with Crippen LogP contribution in [-0.2, 0) is 4.74 Å². The number of nitrogens with one attached hydrogen (secondary N) is 1. The molecule has 0 amide bonds. The van der Waals surface area contributed by atoms with E-state index in [0.717, 1.165) is 17.9 Å². The zero-order valence-corrected chi connectivity index (χ0v) is 10.6. The second-order valence-corrected chi connectivity index (χ2v) is 6.37. The van der Waals surface area contributed by atoms with Gasteiger partial charge < -0.3 is 10.1 Å². The van der Waals surface area contributed by atoms with Crippen molar-refractivity contribution in [2.24, 2.45) is 11.8 Å². The van der Waals surface area contributed by atoms with Crippen molar-refractivity contribution in [3.05, 3.63) is 0 Å². The maximum absolute atomic E-state index is 5.80. The van der Waals surface area contributed by atoms with Crippen molar-refractivity contribution < 1.29 is 4.74 Å². The second kappa shape index (κ2) is 4.30. The Morgan fingerprint density at radius 1 is 0.938 bits per heavy atom. The molecule has 1 N–H and O–H groups in total. The van der Waals surface area contributed by atoms with Crippen molar-refractivity contribution in [2.45, 2.75) is 76.7 Å². The molecule has 1 saturated heterocycles. The van der Waals surface area contributed by atoms with Crippen LogP contribution in [0, 0.1) is 11.8 Å². The fourth-order valence-corrected chi connectivity index (χ4v) is 4.29. The molecule has 3 aliphatic rings. The molecule has 0 radical (unpaired) electrons. The average molecular weight is 223 g/mol. The van der Waals surface area contributed by atoms with Crippen LogP contribution in [0.15, 0.2) is 0 Å². The summed E-state index contributed by atoms with van der Waals surface area (Å²) in [5.41, 5.74) is 0. The highest BCUT2D eigenvalue weighted by atomic mass is 16.5. The summed E-state index contributed by atoms with van der Waals surface area (Å²) in [4.78, 5) is 0. The molecular formula is C14H25NO. The van der Waals surface area contributed by atoms with E-state index in [1.54, 1.807) is 0 Å². The van der Waals surface area contributed by atoms with E-state index in [4.69, 9.17) is 4.74 Å². The third-order valence-electron chi connectivity index (χ3n) is 4.89. The minimum atomic E-state index is 0.444. The van der Waals surface area contributed by atoms with Gasteiger partial charge in [0.15, 0.2) is 0 Å². The molecule has 2 bridgehead atoms. The highest BCUT2D eigenvalue weighted by Crippen LogP contribution is 2.44. The van der Waals surface area contributed by atoms with Gasteiger partial charge in [-0.3, -0.25) is 0 Å². The summed E-state index contributed by atoms with van der Waals surface area (Å²) in [6, 6.07) is 1.55. The van der Waals surface area contributed by atoms with Crippen molar-refractivity contribution in [3.8, 4) is 0 Å². The smallest absolute Gasteiger partial charge is 0.0565 e. The Hall–Kier alpha value is -0.0800. The molecule has 2 saturated carbocycles. The molecule has 92 valence electrons. The molecule has 0 aromatic rings. The summed E-state index contributed by atoms with van der Waals surface area (Å²) in [6.07, 6.45) is 9.24. The second-order valence-electron chi connectivity index (χ2n) is 6.37. The minimum absolute atomic E-state index is 0.444. The molecule has 3 fully saturated rings. The molecule has 0 spiro atoms. The van der Waals surface area contributed by atoms with Gasteiger partial charge >= 0.3 is 0 Å². The van der Waals surface area contributed by atoms with E-state index in [1.807, 2.05) is 0 Å². The van der Waals surface area contributed by atoms with Crippen LogP contribution in [0.5, 0.6) is 0 Å². The van der Waals surface area contributed by atoms with Crippen LogP contribution < -0.4 is 5.32 Å². The molecule has 2 nitrogen and oxygen atoms in total. The normalized spacial score (nSPS) is 52.1. The third-order valence-corrected chi connectivity index (χ3v) is 4.89. The van der Waals surface area contributed by atoms with Crippen LogP contribution in [0.1, 0.15) is 52.4 Å². The highest BCUT2D eigenvalue weighted by molar-refractivity contribution is 4.96. The maximum Gasteiger partial charge on any atom is 0.0565 e. The Bertz CT molecular complexity index is 245. The molecule has 0 aromatic heterocycles. The van der Waals surface area contributed by atoms with Crippen molar-refractivity contribution in [1.82, 2.24) is 5.32 Å². The van der Waals surface area contributed by atoms with Gasteiger partial charge in [0, 0.05) is 12.1 Å².